The minimum Gasteiger partial charge on any atom is -0.377 e. The average Bonchev–Trinajstić information content (AvgIpc) is 3.40. The maximum absolute atomic E-state index is 6.36. The fraction of sp³-hybridized carbons (Fsp3) is 1.00. The molecule has 0 aromatic rings. The molecular formula is C25H48O2. The van der Waals surface area contributed by atoms with Crippen LogP contribution in [0.25, 0.3) is 0 Å². The van der Waals surface area contributed by atoms with E-state index in [-0.39, 0.29) is 5.60 Å². The first kappa shape index (κ1) is 23.2. The highest BCUT2D eigenvalue weighted by molar-refractivity contribution is 4.96. The van der Waals surface area contributed by atoms with Gasteiger partial charge in [-0.3, -0.25) is 0 Å². The summed E-state index contributed by atoms with van der Waals surface area (Å²) in [5.41, 5.74) is 0.0245. The molecule has 0 radical (unpaired) electrons. The van der Waals surface area contributed by atoms with E-state index in [1.807, 2.05) is 7.11 Å². The molecule has 1 saturated carbocycles. The standard InChI is InChI=1S/C25H48O2/c1-7-8-9-10-11-12-13-22(25(26-6,19(2)3)20(4)5)16-14-21-15-17-23-24(18-21)27-23/h19-24H,7-18H2,1-6H3. The fourth-order valence-corrected chi connectivity index (χ4v) is 6.20. The Morgan fingerprint density at radius 1 is 0.889 bits per heavy atom. The number of fused-ring (bicyclic) bond motifs is 1. The molecule has 2 aliphatic rings. The van der Waals surface area contributed by atoms with E-state index in [0.29, 0.717) is 30.0 Å². The molecule has 0 aromatic carbocycles. The van der Waals surface area contributed by atoms with Gasteiger partial charge in [0.25, 0.3) is 0 Å². The van der Waals surface area contributed by atoms with Crippen LogP contribution in [0.15, 0.2) is 0 Å². The molecule has 2 rings (SSSR count). The quantitative estimate of drug-likeness (QED) is 0.231. The minimum absolute atomic E-state index is 0.0245. The third kappa shape index (κ3) is 6.20. The minimum atomic E-state index is 0.0245. The summed E-state index contributed by atoms with van der Waals surface area (Å²) in [6.45, 7) is 11.8. The molecule has 0 bridgehead atoms. The van der Waals surface area contributed by atoms with E-state index in [4.69, 9.17) is 9.47 Å². The van der Waals surface area contributed by atoms with Crippen molar-refractivity contribution in [2.24, 2.45) is 23.7 Å². The number of epoxide rings is 1. The second-order valence-electron chi connectivity index (χ2n) is 10.1. The van der Waals surface area contributed by atoms with Gasteiger partial charge in [-0.15, -0.1) is 0 Å². The van der Waals surface area contributed by atoms with Gasteiger partial charge in [-0.25, -0.2) is 0 Å². The van der Waals surface area contributed by atoms with Crippen LogP contribution in [-0.4, -0.2) is 24.9 Å². The lowest BCUT2D eigenvalue weighted by Gasteiger charge is -2.47. The van der Waals surface area contributed by atoms with Gasteiger partial charge in [-0.1, -0.05) is 73.1 Å². The SMILES string of the molecule is CCCCCCCCC(CCC1CCC2OC2C1)C(OC)(C(C)C)C(C)C. The predicted octanol–water partition coefficient (Wildman–Crippen LogP) is 7.40. The van der Waals surface area contributed by atoms with Crippen molar-refractivity contribution in [3.63, 3.8) is 0 Å². The van der Waals surface area contributed by atoms with E-state index in [1.54, 1.807) is 0 Å². The Morgan fingerprint density at radius 2 is 1.56 bits per heavy atom. The van der Waals surface area contributed by atoms with Crippen molar-refractivity contribution >= 4 is 0 Å². The lowest BCUT2D eigenvalue weighted by Crippen LogP contribution is -2.49. The Labute approximate surface area is 170 Å². The summed E-state index contributed by atoms with van der Waals surface area (Å²) in [4.78, 5) is 0. The maximum Gasteiger partial charge on any atom is 0.0844 e. The first-order chi connectivity index (χ1) is 13.0. The summed E-state index contributed by atoms with van der Waals surface area (Å²) in [6, 6.07) is 0. The molecule has 1 heterocycles. The molecule has 1 aliphatic carbocycles. The third-order valence-corrected chi connectivity index (χ3v) is 7.74. The van der Waals surface area contributed by atoms with Gasteiger partial charge >= 0.3 is 0 Å². The third-order valence-electron chi connectivity index (χ3n) is 7.74. The van der Waals surface area contributed by atoms with Crippen molar-refractivity contribution in [1.82, 2.24) is 0 Å². The number of methoxy groups -OCH3 is 1. The first-order valence-electron chi connectivity index (χ1n) is 12.2. The van der Waals surface area contributed by atoms with Crippen LogP contribution in [0.3, 0.4) is 0 Å². The van der Waals surface area contributed by atoms with Gasteiger partial charge in [0, 0.05) is 7.11 Å². The van der Waals surface area contributed by atoms with Crippen molar-refractivity contribution in [1.29, 1.82) is 0 Å². The van der Waals surface area contributed by atoms with E-state index in [1.165, 1.54) is 77.0 Å². The predicted molar refractivity (Wildman–Crippen MR) is 116 cm³/mol. The van der Waals surface area contributed by atoms with Crippen molar-refractivity contribution in [3.8, 4) is 0 Å². The van der Waals surface area contributed by atoms with E-state index < -0.39 is 0 Å². The summed E-state index contributed by atoms with van der Waals surface area (Å²) in [7, 11) is 1.97. The molecule has 160 valence electrons. The van der Waals surface area contributed by atoms with Gasteiger partial charge in [0.2, 0.25) is 0 Å². The van der Waals surface area contributed by atoms with Crippen LogP contribution in [0, 0.1) is 23.7 Å². The summed E-state index contributed by atoms with van der Waals surface area (Å²) < 4.78 is 12.1. The molecule has 0 aromatic heterocycles. The average molecular weight is 381 g/mol. The van der Waals surface area contributed by atoms with Crippen LogP contribution in [0.2, 0.25) is 0 Å². The van der Waals surface area contributed by atoms with E-state index >= 15 is 0 Å². The van der Waals surface area contributed by atoms with Gasteiger partial charge in [-0.05, 0) is 62.2 Å². The van der Waals surface area contributed by atoms with Crippen LogP contribution in [-0.2, 0) is 9.47 Å². The Balaban J connectivity index is 1.93. The molecule has 27 heavy (non-hydrogen) atoms. The largest absolute Gasteiger partial charge is 0.377 e. The normalized spacial score (nSPS) is 26.4. The second kappa shape index (κ2) is 11.2. The van der Waals surface area contributed by atoms with Gasteiger partial charge in [-0.2, -0.15) is 0 Å². The molecule has 1 aliphatic heterocycles. The first-order valence-corrected chi connectivity index (χ1v) is 12.2. The van der Waals surface area contributed by atoms with Crippen molar-refractivity contribution in [3.05, 3.63) is 0 Å². The fourth-order valence-electron chi connectivity index (χ4n) is 6.20. The maximum atomic E-state index is 6.36. The monoisotopic (exact) mass is 380 g/mol. The molecule has 4 unspecified atom stereocenters. The highest BCUT2D eigenvalue weighted by Gasteiger charge is 2.46. The number of hydrogen-bond donors (Lipinski definition) is 0. The zero-order chi connectivity index (χ0) is 19.9. The molecular weight excluding hydrogens is 332 g/mol. The Kier molecular flexibility index (Phi) is 9.62. The van der Waals surface area contributed by atoms with E-state index in [0.717, 1.165) is 5.92 Å². The Bertz CT molecular complexity index is 395. The van der Waals surface area contributed by atoms with E-state index in [9.17, 15) is 0 Å². The van der Waals surface area contributed by atoms with Gasteiger partial charge < -0.3 is 9.47 Å². The lowest BCUT2D eigenvalue weighted by atomic mass is 9.67. The zero-order valence-corrected chi connectivity index (χ0v) is 19.3. The van der Waals surface area contributed by atoms with Crippen LogP contribution in [0.4, 0.5) is 0 Å². The van der Waals surface area contributed by atoms with Gasteiger partial charge in [0.1, 0.15) is 0 Å². The highest BCUT2D eigenvalue weighted by Crippen LogP contribution is 2.45. The van der Waals surface area contributed by atoms with Crippen LogP contribution in [0.5, 0.6) is 0 Å². The molecule has 1 saturated heterocycles. The van der Waals surface area contributed by atoms with Crippen LogP contribution >= 0.6 is 0 Å². The summed E-state index contributed by atoms with van der Waals surface area (Å²) in [5.74, 6) is 2.70. The van der Waals surface area contributed by atoms with E-state index in [2.05, 4.69) is 34.6 Å². The summed E-state index contributed by atoms with van der Waals surface area (Å²) in [6.07, 6.45) is 17.6. The van der Waals surface area contributed by atoms with Crippen molar-refractivity contribution < 1.29 is 9.47 Å². The van der Waals surface area contributed by atoms with Crippen molar-refractivity contribution in [2.75, 3.05) is 7.11 Å². The second-order valence-corrected chi connectivity index (χ2v) is 10.1. The summed E-state index contributed by atoms with van der Waals surface area (Å²) >= 11 is 0. The molecule has 2 nitrogen and oxygen atoms in total. The molecule has 0 N–H and O–H groups in total. The molecule has 4 atom stereocenters. The highest BCUT2D eigenvalue weighted by atomic mass is 16.6. The molecule has 0 amide bonds. The smallest absolute Gasteiger partial charge is 0.0844 e. The number of unbranched alkanes of at least 4 members (excludes halogenated alkanes) is 5. The zero-order valence-electron chi connectivity index (χ0n) is 19.3. The molecule has 0 spiro atoms. The summed E-state index contributed by atoms with van der Waals surface area (Å²) in [5, 5.41) is 0. The lowest BCUT2D eigenvalue weighted by molar-refractivity contribution is -0.132. The van der Waals surface area contributed by atoms with Gasteiger partial charge in [0.05, 0.1) is 17.8 Å². The van der Waals surface area contributed by atoms with Crippen molar-refractivity contribution in [2.45, 2.75) is 129 Å². The molecule has 2 heteroatoms. The number of rotatable bonds is 14. The van der Waals surface area contributed by atoms with Crippen LogP contribution < -0.4 is 0 Å². The van der Waals surface area contributed by atoms with Gasteiger partial charge in [0.15, 0.2) is 0 Å². The Morgan fingerprint density at radius 3 is 2.15 bits per heavy atom. The molecule has 2 fully saturated rings. The Hall–Kier alpha value is -0.0800. The van der Waals surface area contributed by atoms with Crippen LogP contribution in [0.1, 0.15) is 112 Å². The number of ether oxygens (including phenoxy) is 2. The topological polar surface area (TPSA) is 21.8 Å². The number of hydrogen-bond acceptors (Lipinski definition) is 2.